The Bertz CT molecular complexity index is 1280. The highest BCUT2D eigenvalue weighted by molar-refractivity contribution is 7.10. The third-order valence-electron chi connectivity index (χ3n) is 6.56. The van der Waals surface area contributed by atoms with E-state index in [1.54, 1.807) is 36.5 Å². The van der Waals surface area contributed by atoms with E-state index in [2.05, 4.69) is 6.07 Å². The number of phenolic OH excluding ortho intramolecular Hbond substituents is 1. The SMILES string of the molecule is CC1=C(C(=O)OCc2ccccc2)[C@@H](c2cccc(O)c2)[C@H]2C(=O)C[C@H](c3cccs3)CC2=N1. The fourth-order valence-corrected chi connectivity index (χ4v) is 5.88. The van der Waals surface area contributed by atoms with E-state index in [-0.39, 0.29) is 24.1 Å². The van der Waals surface area contributed by atoms with Gasteiger partial charge in [-0.2, -0.15) is 0 Å². The number of nitrogens with zero attached hydrogens (tertiary/aromatic N) is 1. The number of ketones is 1. The molecule has 1 saturated carbocycles. The average molecular weight is 472 g/mol. The van der Waals surface area contributed by atoms with Gasteiger partial charge in [-0.3, -0.25) is 9.79 Å². The molecule has 2 aromatic carbocycles. The zero-order valence-electron chi connectivity index (χ0n) is 18.8. The number of benzene rings is 2. The highest BCUT2D eigenvalue weighted by atomic mass is 32.1. The molecule has 0 amide bonds. The maximum Gasteiger partial charge on any atom is 0.336 e. The number of aliphatic imine (C=N–C) groups is 1. The molecule has 0 spiro atoms. The first-order chi connectivity index (χ1) is 16.5. The number of ether oxygens (including phenoxy) is 1. The Labute approximate surface area is 202 Å². The van der Waals surface area contributed by atoms with Crippen molar-refractivity contribution >= 4 is 28.8 Å². The summed E-state index contributed by atoms with van der Waals surface area (Å²) in [6, 6.07) is 20.4. The third-order valence-corrected chi connectivity index (χ3v) is 7.60. The molecule has 0 radical (unpaired) electrons. The predicted octanol–water partition coefficient (Wildman–Crippen LogP) is 5.77. The maximum atomic E-state index is 13.5. The summed E-state index contributed by atoms with van der Waals surface area (Å²) >= 11 is 1.65. The molecule has 1 aliphatic heterocycles. The average Bonchev–Trinajstić information content (AvgIpc) is 3.37. The first kappa shape index (κ1) is 22.3. The number of esters is 1. The number of allylic oxidation sites excluding steroid dienone is 1. The summed E-state index contributed by atoms with van der Waals surface area (Å²) in [5.74, 6) is -1.30. The molecule has 0 bridgehead atoms. The first-order valence-corrected chi connectivity index (χ1v) is 12.2. The lowest BCUT2D eigenvalue weighted by molar-refractivity contribution is -0.140. The molecule has 0 unspecified atom stereocenters. The summed E-state index contributed by atoms with van der Waals surface area (Å²) in [6.07, 6.45) is 1.08. The quantitative estimate of drug-likeness (QED) is 0.479. The van der Waals surface area contributed by atoms with E-state index in [9.17, 15) is 14.7 Å². The van der Waals surface area contributed by atoms with Crippen LogP contribution in [0.1, 0.15) is 47.6 Å². The van der Waals surface area contributed by atoms with Gasteiger partial charge in [0.1, 0.15) is 18.1 Å². The van der Waals surface area contributed by atoms with Crippen LogP contribution in [0.5, 0.6) is 5.75 Å². The molecule has 1 N–H and O–H groups in total. The fourth-order valence-electron chi connectivity index (χ4n) is 5.05. The van der Waals surface area contributed by atoms with Crippen molar-refractivity contribution in [3.8, 4) is 5.75 Å². The molecule has 0 saturated heterocycles. The molecule has 3 aromatic rings. The normalized spacial score (nSPS) is 22.2. The number of carbonyl (C=O) groups excluding carboxylic acids is 2. The van der Waals surface area contributed by atoms with Gasteiger partial charge < -0.3 is 9.84 Å². The van der Waals surface area contributed by atoms with Gasteiger partial charge in [0.15, 0.2) is 0 Å². The Kier molecular flexibility index (Phi) is 6.16. The summed E-state index contributed by atoms with van der Waals surface area (Å²) < 4.78 is 5.68. The minimum atomic E-state index is -0.542. The van der Waals surface area contributed by atoms with Gasteiger partial charge in [0.05, 0.1) is 11.5 Å². The van der Waals surface area contributed by atoms with Gasteiger partial charge in [0, 0.05) is 34.5 Å². The zero-order chi connectivity index (χ0) is 23.7. The van der Waals surface area contributed by atoms with Gasteiger partial charge >= 0.3 is 5.97 Å². The van der Waals surface area contributed by atoms with Crippen LogP contribution in [0.4, 0.5) is 0 Å². The third kappa shape index (κ3) is 4.33. The Hall–Kier alpha value is -3.51. The van der Waals surface area contributed by atoms with Crippen molar-refractivity contribution in [3.05, 3.63) is 99.4 Å². The molecular formula is C28H25NO4S. The molecule has 6 heteroatoms. The van der Waals surface area contributed by atoms with Gasteiger partial charge in [-0.15, -0.1) is 11.3 Å². The summed E-state index contributed by atoms with van der Waals surface area (Å²) in [4.78, 5) is 32.9. The highest BCUT2D eigenvalue weighted by Gasteiger charge is 2.46. The lowest BCUT2D eigenvalue weighted by Crippen LogP contribution is -2.41. The van der Waals surface area contributed by atoms with Crippen LogP contribution in [0.2, 0.25) is 0 Å². The van der Waals surface area contributed by atoms with E-state index in [1.807, 2.05) is 47.8 Å². The molecule has 5 rings (SSSR count). The van der Waals surface area contributed by atoms with Gasteiger partial charge in [0.25, 0.3) is 0 Å². The van der Waals surface area contributed by atoms with Crippen LogP contribution in [0.3, 0.4) is 0 Å². The van der Waals surface area contributed by atoms with Gasteiger partial charge in [-0.05, 0) is 48.1 Å². The molecular weight excluding hydrogens is 446 g/mol. The molecule has 5 nitrogen and oxygen atoms in total. The standard InChI is InChI=1S/C28H25NO4S/c1-17-25(28(32)33-16-18-7-3-2-4-8-18)26(19-9-5-10-21(30)13-19)27-22(29-17)14-20(15-23(27)31)24-11-6-12-34-24/h2-13,20,26-27,30H,14-16H2,1H3/t20-,26-,27-/m1/s1. The van der Waals surface area contributed by atoms with Crippen molar-refractivity contribution in [2.45, 2.75) is 38.2 Å². The topological polar surface area (TPSA) is 76.0 Å². The molecule has 2 heterocycles. The number of aromatic hydroxyl groups is 1. The second-order valence-corrected chi connectivity index (χ2v) is 9.78. The number of phenols is 1. The first-order valence-electron chi connectivity index (χ1n) is 11.4. The summed E-state index contributed by atoms with van der Waals surface area (Å²) in [5.41, 5.74) is 3.36. The van der Waals surface area contributed by atoms with Crippen molar-refractivity contribution < 1.29 is 19.4 Å². The lowest BCUT2D eigenvalue weighted by Gasteiger charge is -2.38. The largest absolute Gasteiger partial charge is 0.508 e. The van der Waals surface area contributed by atoms with Gasteiger partial charge in [-0.1, -0.05) is 48.5 Å². The zero-order valence-corrected chi connectivity index (χ0v) is 19.6. The van der Waals surface area contributed by atoms with E-state index in [1.165, 1.54) is 4.88 Å². The molecule has 172 valence electrons. The molecule has 1 aromatic heterocycles. The molecule has 1 aliphatic carbocycles. The van der Waals surface area contributed by atoms with Crippen molar-refractivity contribution in [2.24, 2.45) is 10.9 Å². The number of fused-ring (bicyclic) bond motifs is 1. The maximum absolute atomic E-state index is 13.5. The van der Waals surface area contributed by atoms with Crippen LogP contribution in [-0.4, -0.2) is 22.6 Å². The Balaban J connectivity index is 1.53. The van der Waals surface area contributed by atoms with Crippen LogP contribution in [0.15, 0.2) is 88.4 Å². The van der Waals surface area contributed by atoms with Crippen LogP contribution in [0, 0.1) is 5.92 Å². The number of hydrogen-bond acceptors (Lipinski definition) is 6. The molecule has 2 aliphatic rings. The van der Waals surface area contributed by atoms with Gasteiger partial charge in [0.2, 0.25) is 0 Å². The molecule has 3 atom stereocenters. The summed E-state index contributed by atoms with van der Waals surface area (Å²) in [7, 11) is 0. The number of carbonyl (C=O) groups is 2. The predicted molar refractivity (Wildman–Crippen MR) is 132 cm³/mol. The second kappa shape index (κ2) is 9.39. The minimum Gasteiger partial charge on any atom is -0.508 e. The van der Waals surface area contributed by atoms with Crippen molar-refractivity contribution in [3.63, 3.8) is 0 Å². The summed E-state index contributed by atoms with van der Waals surface area (Å²) in [6.45, 7) is 1.94. The van der Waals surface area contributed by atoms with E-state index < -0.39 is 17.8 Å². The van der Waals surface area contributed by atoms with Crippen LogP contribution in [-0.2, 0) is 20.9 Å². The smallest absolute Gasteiger partial charge is 0.336 e. The van der Waals surface area contributed by atoms with Crippen LogP contribution < -0.4 is 0 Å². The minimum absolute atomic E-state index is 0.0672. The Morgan fingerprint density at radius 1 is 1.06 bits per heavy atom. The van der Waals surface area contributed by atoms with Crippen molar-refractivity contribution in [1.29, 1.82) is 0 Å². The lowest BCUT2D eigenvalue weighted by atomic mass is 9.67. The van der Waals surface area contributed by atoms with Crippen molar-refractivity contribution in [1.82, 2.24) is 0 Å². The number of Topliss-reactive ketones (excluding diaryl/α,β-unsaturated/α-hetero) is 1. The van der Waals surface area contributed by atoms with Gasteiger partial charge in [-0.25, -0.2) is 4.79 Å². The van der Waals surface area contributed by atoms with E-state index in [0.717, 1.165) is 11.3 Å². The fraction of sp³-hybridized carbons (Fsp3) is 0.250. The van der Waals surface area contributed by atoms with Crippen molar-refractivity contribution in [2.75, 3.05) is 0 Å². The monoisotopic (exact) mass is 471 g/mol. The number of thiophene rings is 1. The number of hydrogen-bond donors (Lipinski definition) is 1. The van der Waals surface area contributed by atoms with E-state index in [0.29, 0.717) is 29.7 Å². The summed E-state index contributed by atoms with van der Waals surface area (Å²) in [5, 5.41) is 12.2. The Morgan fingerprint density at radius 3 is 2.62 bits per heavy atom. The second-order valence-electron chi connectivity index (χ2n) is 8.80. The van der Waals surface area contributed by atoms with Crippen LogP contribution in [0.25, 0.3) is 0 Å². The number of rotatable bonds is 5. The highest BCUT2D eigenvalue weighted by Crippen LogP contribution is 2.46. The molecule has 1 fully saturated rings. The molecule has 34 heavy (non-hydrogen) atoms. The van der Waals surface area contributed by atoms with E-state index in [4.69, 9.17) is 9.73 Å². The Morgan fingerprint density at radius 2 is 1.88 bits per heavy atom. The van der Waals surface area contributed by atoms with Crippen LogP contribution >= 0.6 is 11.3 Å². The van der Waals surface area contributed by atoms with E-state index >= 15 is 0 Å².